The van der Waals surface area contributed by atoms with Crippen molar-refractivity contribution in [1.29, 1.82) is 0 Å². The Kier molecular flexibility index (Phi) is 4.79. The zero-order valence-corrected chi connectivity index (χ0v) is 9.26. The van der Waals surface area contributed by atoms with Crippen molar-refractivity contribution in [3.8, 4) is 0 Å². The maximum Gasteiger partial charge on any atom is 0.00414 e. The van der Waals surface area contributed by atoms with Crippen LogP contribution in [0.5, 0.6) is 0 Å². The summed E-state index contributed by atoms with van der Waals surface area (Å²) in [6, 6.07) is 0.500. The van der Waals surface area contributed by atoms with Crippen molar-refractivity contribution >= 4 is 0 Å². The summed E-state index contributed by atoms with van der Waals surface area (Å²) in [5.41, 5.74) is 6.03. The minimum Gasteiger partial charge on any atom is -0.328 e. The molecule has 0 aromatic carbocycles. The van der Waals surface area contributed by atoms with E-state index in [4.69, 9.17) is 5.73 Å². The Morgan fingerprint density at radius 2 is 1.92 bits per heavy atom. The molecule has 0 saturated heterocycles. The lowest BCUT2D eigenvalue weighted by atomic mass is 9.91. The number of nitrogens with two attached hydrogens (primary N) is 1. The summed E-state index contributed by atoms with van der Waals surface area (Å²) in [6.45, 7) is 4.63. The van der Waals surface area contributed by atoms with Gasteiger partial charge in [0.1, 0.15) is 0 Å². The molecule has 1 nitrogen and oxygen atoms in total. The monoisotopic (exact) mass is 183 g/mol. The Labute approximate surface area is 83.1 Å². The molecule has 0 radical (unpaired) electrons. The molecule has 1 rings (SSSR count). The summed E-state index contributed by atoms with van der Waals surface area (Å²) in [5.74, 6) is 1.79. The van der Waals surface area contributed by atoms with Gasteiger partial charge >= 0.3 is 0 Å². The van der Waals surface area contributed by atoms with Crippen molar-refractivity contribution in [2.75, 3.05) is 0 Å². The molecule has 1 fully saturated rings. The molecule has 0 spiro atoms. The SMILES string of the molecule is CC(C)CCC1CCCCC(N)C1. The molecule has 1 saturated carbocycles. The quantitative estimate of drug-likeness (QED) is 0.667. The lowest BCUT2D eigenvalue weighted by Crippen LogP contribution is -2.21. The highest BCUT2D eigenvalue weighted by Crippen LogP contribution is 2.27. The third-order valence-electron chi connectivity index (χ3n) is 3.23. The van der Waals surface area contributed by atoms with Gasteiger partial charge in [0.2, 0.25) is 0 Å². The Balaban J connectivity index is 2.22. The van der Waals surface area contributed by atoms with Gasteiger partial charge in [-0.15, -0.1) is 0 Å². The molecule has 0 bridgehead atoms. The molecule has 1 heteroatoms. The van der Waals surface area contributed by atoms with Gasteiger partial charge in [0, 0.05) is 6.04 Å². The molecule has 1 aliphatic carbocycles. The van der Waals surface area contributed by atoms with Gasteiger partial charge in [0.25, 0.3) is 0 Å². The van der Waals surface area contributed by atoms with E-state index in [1.165, 1.54) is 44.9 Å². The van der Waals surface area contributed by atoms with E-state index in [1.807, 2.05) is 0 Å². The Bertz CT molecular complexity index is 131. The van der Waals surface area contributed by atoms with Crippen molar-refractivity contribution in [2.45, 2.75) is 64.8 Å². The number of hydrogen-bond acceptors (Lipinski definition) is 1. The summed E-state index contributed by atoms with van der Waals surface area (Å²) < 4.78 is 0. The maximum atomic E-state index is 6.03. The minimum atomic E-state index is 0.500. The van der Waals surface area contributed by atoms with Crippen molar-refractivity contribution in [3.05, 3.63) is 0 Å². The lowest BCUT2D eigenvalue weighted by Gasteiger charge is -2.17. The number of hydrogen-bond donors (Lipinski definition) is 1. The highest BCUT2D eigenvalue weighted by Gasteiger charge is 2.17. The average molecular weight is 183 g/mol. The van der Waals surface area contributed by atoms with Crippen LogP contribution in [0.15, 0.2) is 0 Å². The summed E-state index contributed by atoms with van der Waals surface area (Å²) >= 11 is 0. The van der Waals surface area contributed by atoms with Crippen LogP contribution in [-0.4, -0.2) is 6.04 Å². The van der Waals surface area contributed by atoms with Crippen LogP contribution in [0.4, 0.5) is 0 Å². The molecular weight excluding hydrogens is 158 g/mol. The van der Waals surface area contributed by atoms with Crippen LogP contribution in [0.3, 0.4) is 0 Å². The van der Waals surface area contributed by atoms with Gasteiger partial charge in [-0.1, -0.05) is 46.0 Å². The Morgan fingerprint density at radius 1 is 1.23 bits per heavy atom. The molecule has 2 unspecified atom stereocenters. The van der Waals surface area contributed by atoms with Gasteiger partial charge in [-0.25, -0.2) is 0 Å². The highest BCUT2D eigenvalue weighted by molar-refractivity contribution is 4.73. The molecule has 78 valence electrons. The van der Waals surface area contributed by atoms with Crippen LogP contribution in [0.25, 0.3) is 0 Å². The van der Waals surface area contributed by atoms with E-state index in [0.717, 1.165) is 11.8 Å². The standard InChI is InChI=1S/C12H25N/c1-10(2)7-8-11-5-3-4-6-12(13)9-11/h10-12H,3-9,13H2,1-2H3. The van der Waals surface area contributed by atoms with Crippen molar-refractivity contribution < 1.29 is 0 Å². The van der Waals surface area contributed by atoms with Crippen LogP contribution < -0.4 is 5.73 Å². The second kappa shape index (κ2) is 5.64. The van der Waals surface area contributed by atoms with Gasteiger partial charge in [-0.05, 0) is 24.7 Å². The first-order valence-corrected chi connectivity index (χ1v) is 5.94. The molecule has 0 aromatic rings. The predicted octanol–water partition coefficient (Wildman–Crippen LogP) is 3.33. The first kappa shape index (κ1) is 11.0. The summed E-state index contributed by atoms with van der Waals surface area (Å²) in [5, 5.41) is 0. The van der Waals surface area contributed by atoms with E-state index < -0.39 is 0 Å². The van der Waals surface area contributed by atoms with Crippen LogP contribution >= 0.6 is 0 Å². The third kappa shape index (κ3) is 4.66. The van der Waals surface area contributed by atoms with E-state index in [9.17, 15) is 0 Å². The molecule has 1 aliphatic rings. The maximum absolute atomic E-state index is 6.03. The van der Waals surface area contributed by atoms with Gasteiger partial charge in [-0.2, -0.15) is 0 Å². The fraction of sp³-hybridized carbons (Fsp3) is 1.00. The molecule has 0 heterocycles. The van der Waals surface area contributed by atoms with E-state index in [1.54, 1.807) is 0 Å². The summed E-state index contributed by atoms with van der Waals surface area (Å²) in [6.07, 6.45) is 9.55. The van der Waals surface area contributed by atoms with Crippen molar-refractivity contribution in [1.82, 2.24) is 0 Å². The van der Waals surface area contributed by atoms with Gasteiger partial charge in [0.15, 0.2) is 0 Å². The first-order chi connectivity index (χ1) is 6.18. The van der Waals surface area contributed by atoms with Gasteiger partial charge in [-0.3, -0.25) is 0 Å². The van der Waals surface area contributed by atoms with E-state index in [2.05, 4.69) is 13.8 Å². The largest absolute Gasteiger partial charge is 0.328 e. The van der Waals surface area contributed by atoms with Crippen molar-refractivity contribution in [3.63, 3.8) is 0 Å². The smallest absolute Gasteiger partial charge is 0.00414 e. The van der Waals surface area contributed by atoms with Gasteiger partial charge < -0.3 is 5.73 Å². The normalized spacial score (nSPS) is 30.5. The molecule has 13 heavy (non-hydrogen) atoms. The Hall–Kier alpha value is -0.0400. The first-order valence-electron chi connectivity index (χ1n) is 5.94. The van der Waals surface area contributed by atoms with E-state index in [0.29, 0.717) is 6.04 Å². The Morgan fingerprint density at radius 3 is 2.62 bits per heavy atom. The zero-order chi connectivity index (χ0) is 9.68. The number of rotatable bonds is 3. The third-order valence-corrected chi connectivity index (χ3v) is 3.23. The molecule has 0 aliphatic heterocycles. The summed E-state index contributed by atoms with van der Waals surface area (Å²) in [7, 11) is 0. The second-order valence-corrected chi connectivity index (χ2v) is 5.12. The van der Waals surface area contributed by atoms with Crippen LogP contribution in [0.1, 0.15) is 58.8 Å². The molecule has 0 aromatic heterocycles. The fourth-order valence-corrected chi connectivity index (χ4v) is 2.33. The minimum absolute atomic E-state index is 0.500. The summed E-state index contributed by atoms with van der Waals surface area (Å²) in [4.78, 5) is 0. The highest BCUT2D eigenvalue weighted by atomic mass is 14.6. The molecule has 2 atom stereocenters. The molecule has 2 N–H and O–H groups in total. The van der Waals surface area contributed by atoms with Gasteiger partial charge in [0.05, 0.1) is 0 Å². The predicted molar refractivity (Wildman–Crippen MR) is 58.6 cm³/mol. The lowest BCUT2D eigenvalue weighted by molar-refractivity contribution is 0.369. The second-order valence-electron chi connectivity index (χ2n) is 5.12. The molecule has 0 amide bonds. The van der Waals surface area contributed by atoms with Crippen LogP contribution in [0, 0.1) is 11.8 Å². The molecular formula is C12H25N. The van der Waals surface area contributed by atoms with Crippen LogP contribution in [0.2, 0.25) is 0 Å². The van der Waals surface area contributed by atoms with Crippen LogP contribution in [-0.2, 0) is 0 Å². The van der Waals surface area contributed by atoms with E-state index >= 15 is 0 Å². The zero-order valence-electron chi connectivity index (χ0n) is 9.26. The average Bonchev–Trinajstić information content (AvgIpc) is 2.26. The van der Waals surface area contributed by atoms with Crippen molar-refractivity contribution in [2.24, 2.45) is 17.6 Å². The van der Waals surface area contributed by atoms with E-state index in [-0.39, 0.29) is 0 Å². The fourth-order valence-electron chi connectivity index (χ4n) is 2.33. The topological polar surface area (TPSA) is 26.0 Å².